The monoisotopic (exact) mass is 220 g/mol. The third-order valence-electron chi connectivity index (χ3n) is 1.88. The zero-order chi connectivity index (χ0) is 11.8. The molecular weight excluding hydrogens is 204 g/mol. The Bertz CT molecular complexity index is 359. The largest absolute Gasteiger partial charge is 0.476 e. The van der Waals surface area contributed by atoms with Gasteiger partial charge in [-0.3, -0.25) is 0 Å². The van der Waals surface area contributed by atoms with E-state index in [1.807, 2.05) is 6.07 Å². The van der Waals surface area contributed by atoms with Crippen LogP contribution in [-0.2, 0) is 0 Å². The fraction of sp³-hybridized carbons (Fsp3) is 0.545. The van der Waals surface area contributed by atoms with E-state index in [0.29, 0.717) is 18.5 Å². The van der Waals surface area contributed by atoms with E-state index in [4.69, 9.17) is 10.00 Å². The second-order valence-corrected chi connectivity index (χ2v) is 3.63. The molecule has 1 aromatic rings. The zero-order valence-corrected chi connectivity index (χ0v) is 9.60. The van der Waals surface area contributed by atoms with Gasteiger partial charge in [0.05, 0.1) is 6.61 Å². The molecule has 5 heteroatoms. The molecular formula is C11H16N4O. The van der Waals surface area contributed by atoms with Crippen molar-refractivity contribution in [1.82, 2.24) is 15.3 Å². The van der Waals surface area contributed by atoms with Crippen LogP contribution in [0.4, 0.5) is 0 Å². The molecule has 0 fully saturated rings. The molecule has 0 spiro atoms. The quantitative estimate of drug-likeness (QED) is 0.727. The van der Waals surface area contributed by atoms with Gasteiger partial charge in [0.25, 0.3) is 5.88 Å². The Balaban J connectivity index is 2.30. The van der Waals surface area contributed by atoms with E-state index in [1.54, 1.807) is 0 Å². The second kappa shape index (κ2) is 6.75. The minimum atomic E-state index is 0.235. The van der Waals surface area contributed by atoms with Gasteiger partial charge < -0.3 is 10.1 Å². The van der Waals surface area contributed by atoms with E-state index in [2.05, 4.69) is 29.1 Å². The summed E-state index contributed by atoms with van der Waals surface area (Å²) >= 11 is 0. The number of nitrogens with zero attached hydrogens (tertiary/aromatic N) is 3. The maximum absolute atomic E-state index is 8.75. The maximum Gasteiger partial charge on any atom is 0.251 e. The highest BCUT2D eigenvalue weighted by Crippen LogP contribution is 2.09. The lowest BCUT2D eigenvalue weighted by Crippen LogP contribution is -2.24. The highest BCUT2D eigenvalue weighted by molar-refractivity contribution is 5.29. The summed E-state index contributed by atoms with van der Waals surface area (Å²) in [4.78, 5) is 7.81. The molecule has 0 radical (unpaired) electrons. The lowest BCUT2D eigenvalue weighted by molar-refractivity contribution is 0.293. The van der Waals surface area contributed by atoms with Crippen molar-refractivity contribution in [3.05, 3.63) is 18.1 Å². The van der Waals surface area contributed by atoms with E-state index in [9.17, 15) is 0 Å². The molecule has 1 aromatic heterocycles. The van der Waals surface area contributed by atoms with Gasteiger partial charge in [0.1, 0.15) is 6.07 Å². The maximum atomic E-state index is 8.75. The highest BCUT2D eigenvalue weighted by atomic mass is 16.5. The first kappa shape index (κ1) is 12.4. The standard InChI is InChI=1S/C11H16N4O/c1-9(2)13-4-3-7-16-11-10(8-12)14-5-6-15-11/h5-6,9,13H,3-4,7H2,1-2H3. The number of ether oxygens (including phenoxy) is 1. The number of hydrogen-bond acceptors (Lipinski definition) is 5. The lowest BCUT2D eigenvalue weighted by atomic mass is 10.3. The second-order valence-electron chi connectivity index (χ2n) is 3.63. The molecule has 0 aliphatic heterocycles. The van der Waals surface area contributed by atoms with Crippen LogP contribution in [0, 0.1) is 11.3 Å². The Morgan fingerprint density at radius 2 is 2.19 bits per heavy atom. The Hall–Kier alpha value is -1.67. The lowest BCUT2D eigenvalue weighted by Gasteiger charge is -2.08. The predicted octanol–water partition coefficient (Wildman–Crippen LogP) is 1.12. The SMILES string of the molecule is CC(C)NCCCOc1nccnc1C#N. The van der Waals surface area contributed by atoms with Crippen molar-refractivity contribution < 1.29 is 4.74 Å². The third-order valence-corrected chi connectivity index (χ3v) is 1.88. The number of nitrogens with one attached hydrogen (secondary N) is 1. The molecule has 1 heterocycles. The highest BCUT2D eigenvalue weighted by Gasteiger charge is 2.04. The van der Waals surface area contributed by atoms with Crippen LogP contribution in [0.25, 0.3) is 0 Å². The first-order chi connectivity index (χ1) is 7.74. The van der Waals surface area contributed by atoms with Gasteiger partial charge >= 0.3 is 0 Å². The molecule has 0 atom stereocenters. The average molecular weight is 220 g/mol. The summed E-state index contributed by atoms with van der Waals surface area (Å²) in [6, 6.07) is 2.42. The van der Waals surface area contributed by atoms with Crippen molar-refractivity contribution in [1.29, 1.82) is 5.26 Å². The summed E-state index contributed by atoms with van der Waals surface area (Å²) in [5.41, 5.74) is 0.235. The van der Waals surface area contributed by atoms with Crippen molar-refractivity contribution in [2.75, 3.05) is 13.2 Å². The minimum Gasteiger partial charge on any atom is -0.476 e. The Labute approximate surface area is 95.5 Å². The number of hydrogen-bond donors (Lipinski definition) is 1. The van der Waals surface area contributed by atoms with Gasteiger partial charge in [0.15, 0.2) is 0 Å². The van der Waals surface area contributed by atoms with Crippen molar-refractivity contribution in [2.45, 2.75) is 26.3 Å². The van der Waals surface area contributed by atoms with Crippen molar-refractivity contribution in [2.24, 2.45) is 0 Å². The van der Waals surface area contributed by atoms with Crippen molar-refractivity contribution in [3.63, 3.8) is 0 Å². The zero-order valence-electron chi connectivity index (χ0n) is 9.60. The van der Waals surface area contributed by atoms with Crippen LogP contribution in [0.5, 0.6) is 5.88 Å². The first-order valence-corrected chi connectivity index (χ1v) is 5.31. The van der Waals surface area contributed by atoms with Crippen LogP contribution in [-0.4, -0.2) is 29.2 Å². The molecule has 0 aromatic carbocycles. The molecule has 0 aliphatic rings. The van der Waals surface area contributed by atoms with Gasteiger partial charge in [-0.1, -0.05) is 13.8 Å². The normalized spacial score (nSPS) is 10.1. The fourth-order valence-corrected chi connectivity index (χ4v) is 1.14. The molecule has 0 saturated heterocycles. The molecule has 86 valence electrons. The summed E-state index contributed by atoms with van der Waals surface area (Å²) in [5.74, 6) is 0.314. The Morgan fingerprint density at radius 3 is 2.88 bits per heavy atom. The van der Waals surface area contributed by atoms with Crippen LogP contribution in [0.15, 0.2) is 12.4 Å². The topological polar surface area (TPSA) is 70.8 Å². The molecule has 5 nitrogen and oxygen atoms in total. The van der Waals surface area contributed by atoms with Gasteiger partial charge in [-0.25, -0.2) is 9.97 Å². The van der Waals surface area contributed by atoms with Crippen LogP contribution in [0.1, 0.15) is 26.0 Å². The molecule has 1 N–H and O–H groups in total. The van der Waals surface area contributed by atoms with Gasteiger partial charge in [-0.2, -0.15) is 5.26 Å². The number of nitriles is 1. The predicted molar refractivity (Wildman–Crippen MR) is 60.0 cm³/mol. The molecule has 0 unspecified atom stereocenters. The first-order valence-electron chi connectivity index (χ1n) is 5.31. The smallest absolute Gasteiger partial charge is 0.251 e. The molecule has 0 bridgehead atoms. The minimum absolute atomic E-state index is 0.235. The van der Waals surface area contributed by atoms with Gasteiger partial charge in [0.2, 0.25) is 5.69 Å². The van der Waals surface area contributed by atoms with E-state index in [1.165, 1.54) is 12.4 Å². The van der Waals surface area contributed by atoms with Crippen LogP contribution in [0.3, 0.4) is 0 Å². The van der Waals surface area contributed by atoms with E-state index in [-0.39, 0.29) is 5.69 Å². The van der Waals surface area contributed by atoms with E-state index < -0.39 is 0 Å². The molecule has 0 saturated carbocycles. The van der Waals surface area contributed by atoms with E-state index >= 15 is 0 Å². The number of rotatable bonds is 6. The van der Waals surface area contributed by atoms with Crippen LogP contribution < -0.4 is 10.1 Å². The molecule has 1 rings (SSSR count). The molecule has 0 aliphatic carbocycles. The van der Waals surface area contributed by atoms with Crippen LogP contribution in [0.2, 0.25) is 0 Å². The summed E-state index contributed by atoms with van der Waals surface area (Å²) in [6.07, 6.45) is 3.87. The fourth-order valence-electron chi connectivity index (χ4n) is 1.14. The summed E-state index contributed by atoms with van der Waals surface area (Å²) in [6.45, 7) is 5.61. The van der Waals surface area contributed by atoms with Crippen LogP contribution >= 0.6 is 0 Å². The molecule has 0 amide bonds. The van der Waals surface area contributed by atoms with E-state index in [0.717, 1.165) is 13.0 Å². The number of aromatic nitrogens is 2. The van der Waals surface area contributed by atoms with Gasteiger partial charge in [-0.15, -0.1) is 0 Å². The van der Waals surface area contributed by atoms with Crippen molar-refractivity contribution >= 4 is 0 Å². The summed E-state index contributed by atoms with van der Waals surface area (Å²) < 4.78 is 5.37. The van der Waals surface area contributed by atoms with Gasteiger partial charge in [-0.05, 0) is 13.0 Å². The van der Waals surface area contributed by atoms with Crippen molar-refractivity contribution in [3.8, 4) is 11.9 Å². The third kappa shape index (κ3) is 4.24. The summed E-state index contributed by atoms with van der Waals surface area (Å²) in [7, 11) is 0. The molecule has 16 heavy (non-hydrogen) atoms. The average Bonchev–Trinajstić information content (AvgIpc) is 2.29. The Morgan fingerprint density at radius 1 is 1.44 bits per heavy atom. The van der Waals surface area contributed by atoms with Gasteiger partial charge in [0, 0.05) is 18.4 Å². The summed E-state index contributed by atoms with van der Waals surface area (Å²) in [5, 5.41) is 12.0. The Kier molecular flexibility index (Phi) is 5.23.